The molecule has 3 aromatic carbocycles. The molecule has 1 aliphatic rings. The number of rotatable bonds is 10. The maximum absolute atomic E-state index is 13.5. The number of hydrogen-bond donors (Lipinski definition) is 0. The maximum Gasteiger partial charge on any atom is 0.271 e. The number of carbonyl (C=O) groups excluding carboxylic acids is 2. The summed E-state index contributed by atoms with van der Waals surface area (Å²) >= 11 is 0. The van der Waals surface area contributed by atoms with Gasteiger partial charge in [0.15, 0.2) is 11.5 Å². The average Bonchev–Trinajstić information content (AvgIpc) is 2.96. The fourth-order valence-corrected chi connectivity index (χ4v) is 4.38. The van der Waals surface area contributed by atoms with Crippen LogP contribution in [-0.2, 0) is 22.6 Å². The molecule has 0 unspecified atom stereocenters. The Morgan fingerprint density at radius 1 is 0.875 bits per heavy atom. The molecule has 40 heavy (non-hydrogen) atoms. The second-order valence-electron chi connectivity index (χ2n) is 9.44. The van der Waals surface area contributed by atoms with Crippen molar-refractivity contribution in [2.45, 2.75) is 33.8 Å². The molecule has 7 nitrogen and oxygen atoms in total. The SMILES string of the molecule is CCOc1cc(/C=C2/C(=O)N(CCc3ccc(OC)cc3)C(=O)C(C#N)=C2C)ccc1OCc1ccc(C)cc1. The van der Waals surface area contributed by atoms with Gasteiger partial charge in [0, 0.05) is 12.1 Å². The lowest BCUT2D eigenvalue weighted by molar-refractivity contribution is -0.140. The summed E-state index contributed by atoms with van der Waals surface area (Å²) in [6, 6.07) is 23.0. The zero-order valence-electron chi connectivity index (χ0n) is 23.2. The monoisotopic (exact) mass is 536 g/mol. The topological polar surface area (TPSA) is 88.9 Å². The number of benzene rings is 3. The molecule has 1 aliphatic heterocycles. The number of carbonyl (C=O) groups is 2. The molecule has 0 bridgehead atoms. The molecule has 0 atom stereocenters. The number of nitriles is 1. The number of aryl methyl sites for hydroxylation is 1. The number of imide groups is 1. The van der Waals surface area contributed by atoms with Crippen molar-refractivity contribution in [3.63, 3.8) is 0 Å². The number of ether oxygens (including phenoxy) is 3. The summed E-state index contributed by atoms with van der Waals surface area (Å²) in [4.78, 5) is 27.7. The Morgan fingerprint density at radius 2 is 1.57 bits per heavy atom. The third-order valence-electron chi connectivity index (χ3n) is 6.70. The summed E-state index contributed by atoms with van der Waals surface area (Å²) < 4.78 is 17.1. The first kappa shape index (κ1) is 28.2. The van der Waals surface area contributed by atoms with Crippen LogP contribution in [0.2, 0.25) is 0 Å². The second kappa shape index (κ2) is 12.8. The van der Waals surface area contributed by atoms with E-state index in [2.05, 4.69) is 0 Å². The molecule has 0 N–H and O–H groups in total. The van der Waals surface area contributed by atoms with Crippen molar-refractivity contribution >= 4 is 17.9 Å². The van der Waals surface area contributed by atoms with Gasteiger partial charge in [0.25, 0.3) is 11.8 Å². The summed E-state index contributed by atoms with van der Waals surface area (Å²) in [5.41, 5.74) is 4.46. The molecular weight excluding hydrogens is 504 g/mol. The third-order valence-corrected chi connectivity index (χ3v) is 6.70. The number of hydrogen-bond acceptors (Lipinski definition) is 6. The maximum atomic E-state index is 13.5. The van der Waals surface area contributed by atoms with E-state index in [0.717, 1.165) is 21.8 Å². The first-order valence-corrected chi connectivity index (χ1v) is 13.1. The fraction of sp³-hybridized carbons (Fsp3) is 0.242. The van der Waals surface area contributed by atoms with Crippen LogP contribution in [0.25, 0.3) is 6.08 Å². The van der Waals surface area contributed by atoms with E-state index >= 15 is 0 Å². The quantitative estimate of drug-likeness (QED) is 0.240. The first-order chi connectivity index (χ1) is 19.3. The molecule has 0 fully saturated rings. The first-order valence-electron chi connectivity index (χ1n) is 13.1. The van der Waals surface area contributed by atoms with Crippen molar-refractivity contribution in [1.82, 2.24) is 4.90 Å². The highest BCUT2D eigenvalue weighted by molar-refractivity contribution is 6.19. The summed E-state index contributed by atoms with van der Waals surface area (Å²) in [6.07, 6.45) is 2.14. The predicted molar refractivity (Wildman–Crippen MR) is 153 cm³/mol. The highest BCUT2D eigenvalue weighted by atomic mass is 16.5. The van der Waals surface area contributed by atoms with Crippen LogP contribution in [0.1, 0.15) is 36.1 Å². The minimum absolute atomic E-state index is 0.0383. The van der Waals surface area contributed by atoms with Gasteiger partial charge in [-0.3, -0.25) is 14.5 Å². The van der Waals surface area contributed by atoms with Gasteiger partial charge in [-0.05, 0) is 79.8 Å². The van der Waals surface area contributed by atoms with Crippen molar-refractivity contribution in [1.29, 1.82) is 5.26 Å². The van der Waals surface area contributed by atoms with Crippen LogP contribution < -0.4 is 14.2 Å². The fourth-order valence-electron chi connectivity index (χ4n) is 4.38. The number of amides is 2. The second-order valence-corrected chi connectivity index (χ2v) is 9.44. The zero-order chi connectivity index (χ0) is 28.6. The van der Waals surface area contributed by atoms with Crippen LogP contribution in [0.5, 0.6) is 17.2 Å². The van der Waals surface area contributed by atoms with Gasteiger partial charge in [0.05, 0.1) is 13.7 Å². The Labute approximate surface area is 234 Å². The van der Waals surface area contributed by atoms with Gasteiger partial charge in [-0.2, -0.15) is 5.26 Å². The van der Waals surface area contributed by atoms with Crippen molar-refractivity contribution in [3.8, 4) is 23.3 Å². The molecule has 7 heteroatoms. The highest BCUT2D eigenvalue weighted by Crippen LogP contribution is 2.32. The van der Waals surface area contributed by atoms with Crippen molar-refractivity contribution in [2.24, 2.45) is 0 Å². The van der Waals surface area contributed by atoms with Crippen molar-refractivity contribution < 1.29 is 23.8 Å². The van der Waals surface area contributed by atoms with E-state index < -0.39 is 11.8 Å². The molecule has 2 amide bonds. The van der Waals surface area contributed by atoms with E-state index in [1.165, 1.54) is 5.56 Å². The Kier molecular flexibility index (Phi) is 9.03. The minimum Gasteiger partial charge on any atom is -0.497 e. The van der Waals surface area contributed by atoms with E-state index in [0.29, 0.717) is 47.8 Å². The van der Waals surface area contributed by atoms with E-state index in [4.69, 9.17) is 14.2 Å². The molecule has 204 valence electrons. The van der Waals surface area contributed by atoms with Crippen LogP contribution in [-0.4, -0.2) is 37.0 Å². The lowest BCUT2D eigenvalue weighted by Gasteiger charge is -2.27. The lowest BCUT2D eigenvalue weighted by Crippen LogP contribution is -2.43. The van der Waals surface area contributed by atoms with E-state index in [1.807, 2.05) is 74.5 Å². The van der Waals surface area contributed by atoms with Crippen LogP contribution in [0.3, 0.4) is 0 Å². The van der Waals surface area contributed by atoms with Gasteiger partial charge in [0.2, 0.25) is 0 Å². The summed E-state index contributed by atoms with van der Waals surface area (Å²) in [7, 11) is 1.59. The Balaban J connectivity index is 1.59. The average molecular weight is 537 g/mol. The molecule has 3 aromatic rings. The summed E-state index contributed by atoms with van der Waals surface area (Å²) in [6.45, 7) is 6.52. The van der Waals surface area contributed by atoms with E-state index in [-0.39, 0.29) is 12.1 Å². The van der Waals surface area contributed by atoms with Crippen LogP contribution in [0.4, 0.5) is 0 Å². The van der Waals surface area contributed by atoms with Crippen LogP contribution in [0.15, 0.2) is 83.4 Å². The third kappa shape index (κ3) is 6.41. The number of methoxy groups -OCH3 is 1. The van der Waals surface area contributed by atoms with E-state index in [1.54, 1.807) is 32.2 Å². The normalized spacial score (nSPS) is 14.4. The standard InChI is InChI=1S/C33H32N2O5/c1-5-39-31-19-26(12-15-30(31)40-21-25-8-6-22(2)7-9-25)18-28-23(3)29(20-34)33(37)35(32(28)36)17-16-24-10-13-27(38-4)14-11-24/h6-15,18-19H,5,16-17,21H2,1-4H3/b28-18+. The molecule has 0 saturated heterocycles. The highest BCUT2D eigenvalue weighted by Gasteiger charge is 2.35. The van der Waals surface area contributed by atoms with E-state index in [9.17, 15) is 14.9 Å². The predicted octanol–water partition coefficient (Wildman–Crippen LogP) is 5.82. The van der Waals surface area contributed by atoms with Crippen LogP contribution >= 0.6 is 0 Å². The smallest absolute Gasteiger partial charge is 0.271 e. The molecule has 0 spiro atoms. The van der Waals surface area contributed by atoms with Gasteiger partial charge < -0.3 is 14.2 Å². The molecule has 0 aromatic heterocycles. The summed E-state index contributed by atoms with van der Waals surface area (Å²) in [5, 5.41) is 9.74. The molecule has 4 rings (SSSR count). The largest absolute Gasteiger partial charge is 0.497 e. The lowest BCUT2D eigenvalue weighted by atomic mass is 9.93. The van der Waals surface area contributed by atoms with Crippen LogP contribution in [0, 0.1) is 18.3 Å². The van der Waals surface area contributed by atoms with Crippen molar-refractivity contribution in [3.05, 3.63) is 106 Å². The van der Waals surface area contributed by atoms with Gasteiger partial charge in [-0.25, -0.2) is 0 Å². The Bertz CT molecular complexity index is 1500. The van der Waals surface area contributed by atoms with Crippen molar-refractivity contribution in [2.75, 3.05) is 20.3 Å². The van der Waals surface area contributed by atoms with Gasteiger partial charge in [-0.15, -0.1) is 0 Å². The van der Waals surface area contributed by atoms with Gasteiger partial charge in [-0.1, -0.05) is 48.0 Å². The Morgan fingerprint density at radius 3 is 2.23 bits per heavy atom. The molecular formula is C33H32N2O5. The Hall–Kier alpha value is -4.83. The number of nitrogens with zero attached hydrogens (tertiary/aromatic N) is 2. The molecule has 1 heterocycles. The molecule has 0 radical (unpaired) electrons. The molecule has 0 aliphatic carbocycles. The zero-order valence-corrected chi connectivity index (χ0v) is 23.2. The van der Waals surface area contributed by atoms with Gasteiger partial charge in [0.1, 0.15) is 24.0 Å². The molecule has 0 saturated carbocycles. The minimum atomic E-state index is -0.578. The van der Waals surface area contributed by atoms with Gasteiger partial charge >= 0.3 is 0 Å². The summed E-state index contributed by atoms with van der Waals surface area (Å²) in [5.74, 6) is 0.836.